The van der Waals surface area contributed by atoms with Gasteiger partial charge < -0.3 is 10.5 Å². The zero-order valence-corrected chi connectivity index (χ0v) is 9.55. The maximum absolute atomic E-state index is 12.4. The predicted molar refractivity (Wildman–Crippen MR) is 50.7 cm³/mol. The zero-order valence-electron chi connectivity index (χ0n) is 8.73. The van der Waals surface area contributed by atoms with Crippen LogP contribution in [0.25, 0.3) is 0 Å². The van der Waals surface area contributed by atoms with Crippen LogP contribution < -0.4 is 5.73 Å². The molecule has 1 heterocycles. The number of thiazole rings is 1. The molecule has 0 aliphatic rings. The normalized spacial score (nSPS) is 13.1. The summed E-state index contributed by atoms with van der Waals surface area (Å²) in [5.41, 5.74) is 3.94. The van der Waals surface area contributed by atoms with Crippen LogP contribution in [0.1, 0.15) is 15.6 Å². The molecule has 18 heavy (non-hydrogen) atoms. The van der Waals surface area contributed by atoms with Gasteiger partial charge in [-0.2, -0.15) is 26.3 Å². The maximum atomic E-state index is 12.4. The molecule has 0 amide bonds. The quantitative estimate of drug-likeness (QED) is 0.869. The van der Waals surface area contributed by atoms with Crippen LogP contribution in [0.4, 0.5) is 26.3 Å². The van der Waals surface area contributed by atoms with Gasteiger partial charge in [0.1, 0.15) is 11.6 Å². The molecule has 1 aromatic rings. The number of nitrogens with zero attached hydrogens (tertiary/aromatic N) is 1. The van der Waals surface area contributed by atoms with Crippen LogP contribution in [0, 0.1) is 0 Å². The molecule has 0 unspecified atom stereocenters. The summed E-state index contributed by atoms with van der Waals surface area (Å²) in [6.45, 7) is -2.55. The first-order valence-corrected chi connectivity index (χ1v) is 5.35. The Labute approximate surface area is 102 Å². The van der Waals surface area contributed by atoms with Crippen LogP contribution in [0.2, 0.25) is 0 Å². The molecule has 0 aliphatic carbocycles. The highest BCUT2D eigenvalue weighted by Gasteiger charge is 2.37. The third kappa shape index (κ3) is 4.42. The second-order valence-corrected chi connectivity index (χ2v) is 4.36. The van der Waals surface area contributed by atoms with Gasteiger partial charge in [0.25, 0.3) is 0 Å². The van der Waals surface area contributed by atoms with E-state index in [1.807, 2.05) is 0 Å². The first-order valence-electron chi connectivity index (χ1n) is 4.54. The third-order valence-corrected chi connectivity index (χ3v) is 2.74. The number of alkyl halides is 6. The van der Waals surface area contributed by atoms with Crippen LogP contribution in [0.15, 0.2) is 0 Å². The van der Waals surface area contributed by atoms with Crippen LogP contribution in [0.3, 0.4) is 0 Å². The molecule has 0 radical (unpaired) electrons. The Morgan fingerprint density at radius 1 is 1.17 bits per heavy atom. The van der Waals surface area contributed by atoms with Crippen molar-refractivity contribution in [3.63, 3.8) is 0 Å². The van der Waals surface area contributed by atoms with Crippen molar-refractivity contribution >= 4 is 11.3 Å². The minimum Gasteiger partial charge on any atom is -0.365 e. The predicted octanol–water partition coefficient (Wildman–Crippen LogP) is 2.70. The Hall–Kier alpha value is -0.870. The Morgan fingerprint density at radius 2 is 1.78 bits per heavy atom. The van der Waals surface area contributed by atoms with Gasteiger partial charge in [0.2, 0.25) is 0 Å². The van der Waals surface area contributed by atoms with Gasteiger partial charge in [0, 0.05) is 6.54 Å². The number of hydrogen-bond acceptors (Lipinski definition) is 4. The summed E-state index contributed by atoms with van der Waals surface area (Å²) in [6.07, 6.45) is -9.20. The SMILES string of the molecule is NCc1sc(COCC(F)(F)F)nc1C(F)(F)F. The van der Waals surface area contributed by atoms with Gasteiger partial charge >= 0.3 is 12.4 Å². The molecule has 0 aliphatic heterocycles. The summed E-state index contributed by atoms with van der Waals surface area (Å²) < 4.78 is 76.8. The number of nitrogens with two attached hydrogens (primary N) is 1. The average molecular weight is 294 g/mol. The summed E-state index contributed by atoms with van der Waals surface area (Å²) in [6, 6.07) is 0. The molecule has 10 heteroatoms. The summed E-state index contributed by atoms with van der Waals surface area (Å²) in [7, 11) is 0. The summed E-state index contributed by atoms with van der Waals surface area (Å²) >= 11 is 0.588. The number of hydrogen-bond donors (Lipinski definition) is 1. The Bertz CT molecular complexity index is 399. The first-order chi connectivity index (χ1) is 8.13. The lowest BCUT2D eigenvalue weighted by atomic mass is 10.3. The number of aromatic nitrogens is 1. The van der Waals surface area contributed by atoms with Crippen molar-refractivity contribution in [2.24, 2.45) is 5.73 Å². The lowest BCUT2D eigenvalue weighted by Gasteiger charge is -2.05. The second kappa shape index (κ2) is 5.41. The summed E-state index contributed by atoms with van der Waals surface area (Å²) in [5.74, 6) is 0. The summed E-state index contributed by atoms with van der Waals surface area (Å²) in [4.78, 5) is 2.96. The smallest absolute Gasteiger partial charge is 0.365 e. The van der Waals surface area contributed by atoms with Crippen molar-refractivity contribution in [3.8, 4) is 0 Å². The highest BCUT2D eigenvalue weighted by atomic mass is 32.1. The molecule has 0 atom stereocenters. The number of halogens is 6. The summed E-state index contributed by atoms with van der Waals surface area (Å²) in [5, 5.41) is -0.188. The van der Waals surface area contributed by atoms with Gasteiger partial charge in [0.15, 0.2) is 5.69 Å². The number of rotatable bonds is 4. The molecule has 1 aromatic heterocycles. The van der Waals surface area contributed by atoms with Crippen molar-refractivity contribution in [1.82, 2.24) is 4.98 Å². The lowest BCUT2D eigenvalue weighted by Crippen LogP contribution is -2.16. The standard InChI is InChI=1S/C8H8F6N2OS/c9-7(10,11)3-17-2-5-16-6(8(12,13)14)4(1-15)18-5/h1-3,15H2. The Morgan fingerprint density at radius 3 is 2.17 bits per heavy atom. The van der Waals surface area contributed by atoms with E-state index >= 15 is 0 Å². The van der Waals surface area contributed by atoms with Crippen LogP contribution in [-0.2, 0) is 24.1 Å². The molecule has 0 aromatic carbocycles. The largest absolute Gasteiger partial charge is 0.434 e. The molecule has 0 spiro atoms. The minimum absolute atomic E-state index is 0.188. The van der Waals surface area contributed by atoms with Crippen molar-refractivity contribution in [3.05, 3.63) is 15.6 Å². The van der Waals surface area contributed by atoms with Crippen molar-refractivity contribution in [1.29, 1.82) is 0 Å². The molecular weight excluding hydrogens is 286 g/mol. The Kier molecular flexibility index (Phi) is 4.56. The fraction of sp³-hybridized carbons (Fsp3) is 0.625. The fourth-order valence-corrected chi connectivity index (χ4v) is 1.98. The zero-order chi connectivity index (χ0) is 14.0. The molecule has 0 saturated carbocycles. The highest BCUT2D eigenvalue weighted by Crippen LogP contribution is 2.34. The number of ether oxygens (including phenoxy) is 1. The molecular formula is C8H8F6N2OS. The van der Waals surface area contributed by atoms with Crippen LogP contribution >= 0.6 is 11.3 Å². The van der Waals surface area contributed by atoms with Crippen LogP contribution in [0.5, 0.6) is 0 Å². The molecule has 3 nitrogen and oxygen atoms in total. The van der Waals surface area contributed by atoms with Gasteiger partial charge in [-0.15, -0.1) is 11.3 Å². The van der Waals surface area contributed by atoms with E-state index in [-0.39, 0.29) is 16.4 Å². The maximum Gasteiger partial charge on any atom is 0.434 e. The fourth-order valence-electron chi connectivity index (χ4n) is 1.08. The van der Waals surface area contributed by atoms with E-state index in [0.717, 1.165) is 0 Å². The van der Waals surface area contributed by atoms with E-state index in [9.17, 15) is 26.3 Å². The van der Waals surface area contributed by atoms with Crippen molar-refractivity contribution < 1.29 is 31.1 Å². The van der Waals surface area contributed by atoms with E-state index in [1.54, 1.807) is 0 Å². The van der Waals surface area contributed by atoms with E-state index in [2.05, 4.69) is 9.72 Å². The molecule has 0 fully saturated rings. The van der Waals surface area contributed by atoms with Crippen molar-refractivity contribution in [2.45, 2.75) is 25.5 Å². The minimum atomic E-state index is -4.67. The topological polar surface area (TPSA) is 48.1 Å². The van der Waals surface area contributed by atoms with E-state index in [1.165, 1.54) is 0 Å². The molecule has 2 N–H and O–H groups in total. The Balaban J connectivity index is 2.71. The second-order valence-electron chi connectivity index (χ2n) is 3.19. The van der Waals surface area contributed by atoms with E-state index in [4.69, 9.17) is 5.73 Å². The van der Waals surface area contributed by atoms with Gasteiger partial charge in [-0.05, 0) is 0 Å². The third-order valence-electron chi connectivity index (χ3n) is 1.69. The molecule has 0 bridgehead atoms. The lowest BCUT2D eigenvalue weighted by molar-refractivity contribution is -0.176. The highest BCUT2D eigenvalue weighted by molar-refractivity contribution is 7.11. The molecule has 0 saturated heterocycles. The van der Waals surface area contributed by atoms with Crippen molar-refractivity contribution in [2.75, 3.05) is 6.61 Å². The van der Waals surface area contributed by atoms with Gasteiger partial charge in [-0.25, -0.2) is 4.98 Å². The molecule has 1 rings (SSSR count). The average Bonchev–Trinajstić information content (AvgIpc) is 2.58. The van der Waals surface area contributed by atoms with Gasteiger partial charge in [-0.3, -0.25) is 0 Å². The van der Waals surface area contributed by atoms with E-state index in [0.29, 0.717) is 11.3 Å². The van der Waals surface area contributed by atoms with Gasteiger partial charge in [-0.1, -0.05) is 0 Å². The first kappa shape index (κ1) is 15.2. The monoisotopic (exact) mass is 294 g/mol. The van der Waals surface area contributed by atoms with Crippen LogP contribution in [-0.4, -0.2) is 17.8 Å². The molecule has 104 valence electrons. The van der Waals surface area contributed by atoms with E-state index < -0.39 is 31.3 Å². The van der Waals surface area contributed by atoms with Gasteiger partial charge in [0.05, 0.1) is 11.5 Å².